The maximum absolute atomic E-state index is 13.5. The molecule has 2 fully saturated rings. The van der Waals surface area contributed by atoms with Crippen LogP contribution in [0.1, 0.15) is 11.6 Å². The Balaban J connectivity index is 1.60. The molecule has 0 unspecified atom stereocenters. The fraction of sp³-hybridized carbons (Fsp3) is 0.130. The molecule has 6 nitrogen and oxygen atoms in total. The third-order valence-corrected chi connectivity index (χ3v) is 5.77. The normalized spacial score (nSPS) is 23.2. The van der Waals surface area contributed by atoms with Crippen molar-refractivity contribution in [2.45, 2.75) is 12.1 Å². The lowest BCUT2D eigenvalue weighted by Crippen LogP contribution is -2.37. The molecule has 0 spiro atoms. The number of hydrogen-bond donors (Lipinski definition) is 1. The highest BCUT2D eigenvalue weighted by atomic mass is 35.5. The number of rotatable bonds is 3. The lowest BCUT2D eigenvalue weighted by molar-refractivity contribution is -0.126. The zero-order chi connectivity index (χ0) is 20.8. The molecule has 3 aromatic rings. The average molecular weight is 421 g/mol. The molecule has 150 valence electrons. The zero-order valence-corrected chi connectivity index (χ0v) is 16.4. The van der Waals surface area contributed by atoms with Crippen molar-refractivity contribution in [1.29, 1.82) is 0 Å². The molecule has 0 bridgehead atoms. The van der Waals surface area contributed by atoms with Crippen LogP contribution >= 0.6 is 11.6 Å². The van der Waals surface area contributed by atoms with Gasteiger partial charge in [0.1, 0.15) is 11.7 Å². The molecule has 2 amide bonds. The van der Waals surface area contributed by atoms with E-state index in [1.165, 1.54) is 0 Å². The highest BCUT2D eigenvalue weighted by Crippen LogP contribution is 2.48. The van der Waals surface area contributed by atoms with E-state index in [0.29, 0.717) is 10.7 Å². The van der Waals surface area contributed by atoms with E-state index in [9.17, 15) is 14.7 Å². The van der Waals surface area contributed by atoms with Crippen LogP contribution in [0.2, 0.25) is 5.02 Å². The minimum Gasteiger partial charge on any atom is -0.508 e. The van der Waals surface area contributed by atoms with Gasteiger partial charge in [0.05, 0.1) is 22.4 Å². The average Bonchev–Trinajstić information content (AvgIpc) is 3.26. The Hall–Kier alpha value is -3.35. The molecule has 2 aliphatic rings. The van der Waals surface area contributed by atoms with E-state index in [4.69, 9.17) is 16.4 Å². The van der Waals surface area contributed by atoms with Crippen molar-refractivity contribution in [1.82, 2.24) is 0 Å². The number of hydrogen-bond acceptors (Lipinski definition) is 5. The van der Waals surface area contributed by atoms with Crippen LogP contribution in [0.4, 0.5) is 11.4 Å². The summed E-state index contributed by atoms with van der Waals surface area (Å²) in [4.78, 5) is 33.9. The minimum absolute atomic E-state index is 0.118. The molecule has 2 saturated heterocycles. The van der Waals surface area contributed by atoms with E-state index in [0.717, 1.165) is 16.2 Å². The number of para-hydroxylation sites is 2. The smallest absolute Gasteiger partial charge is 0.266 e. The Morgan fingerprint density at radius 1 is 0.833 bits per heavy atom. The fourth-order valence-electron chi connectivity index (χ4n) is 4.09. The molecule has 0 radical (unpaired) electrons. The van der Waals surface area contributed by atoms with Gasteiger partial charge in [0.25, 0.3) is 5.91 Å². The Kier molecular flexibility index (Phi) is 4.46. The Bertz CT molecular complexity index is 1120. The van der Waals surface area contributed by atoms with Gasteiger partial charge >= 0.3 is 0 Å². The van der Waals surface area contributed by atoms with Crippen LogP contribution in [0.15, 0.2) is 78.9 Å². The molecule has 30 heavy (non-hydrogen) atoms. The largest absolute Gasteiger partial charge is 0.508 e. The van der Waals surface area contributed by atoms with Crippen molar-refractivity contribution < 1.29 is 19.5 Å². The van der Waals surface area contributed by atoms with Gasteiger partial charge < -0.3 is 5.11 Å². The monoisotopic (exact) mass is 420 g/mol. The quantitative estimate of drug-likeness (QED) is 0.646. The van der Waals surface area contributed by atoms with Crippen molar-refractivity contribution in [2.75, 3.05) is 9.96 Å². The minimum atomic E-state index is -0.965. The number of carbonyl (C=O) groups excluding carboxylic acids is 2. The summed E-state index contributed by atoms with van der Waals surface area (Å²) in [6, 6.07) is 22.1. The second-order valence-electron chi connectivity index (χ2n) is 7.21. The molecule has 1 N–H and O–H groups in total. The molecular formula is C23H17ClN2O4. The number of fused-ring (bicyclic) bond motifs is 1. The highest BCUT2D eigenvalue weighted by molar-refractivity contribution is 6.36. The zero-order valence-electron chi connectivity index (χ0n) is 15.7. The van der Waals surface area contributed by atoms with Crippen LogP contribution in [0, 0.1) is 5.92 Å². The summed E-state index contributed by atoms with van der Waals surface area (Å²) in [5.41, 5.74) is 1.84. The van der Waals surface area contributed by atoms with Crippen LogP contribution in [0.3, 0.4) is 0 Å². The van der Waals surface area contributed by atoms with E-state index < -0.39 is 24.0 Å². The predicted octanol–water partition coefficient (Wildman–Crippen LogP) is 4.10. The van der Waals surface area contributed by atoms with Gasteiger partial charge in [-0.25, -0.2) is 9.96 Å². The molecule has 0 saturated carbocycles. The molecule has 3 aromatic carbocycles. The third-order valence-electron chi connectivity index (χ3n) is 5.45. The lowest BCUT2D eigenvalue weighted by Gasteiger charge is -2.29. The number of benzene rings is 3. The van der Waals surface area contributed by atoms with Gasteiger partial charge in [-0.2, -0.15) is 0 Å². The summed E-state index contributed by atoms with van der Waals surface area (Å²) in [5.74, 6) is -1.44. The molecule has 3 atom stereocenters. The van der Waals surface area contributed by atoms with Crippen molar-refractivity contribution in [3.05, 3.63) is 89.4 Å². The van der Waals surface area contributed by atoms with Gasteiger partial charge in [-0.15, -0.1) is 0 Å². The molecule has 7 heteroatoms. The first kappa shape index (κ1) is 18.7. The number of carbonyl (C=O) groups is 2. The summed E-state index contributed by atoms with van der Waals surface area (Å²) >= 11 is 6.26. The first-order chi connectivity index (χ1) is 14.6. The number of halogens is 1. The van der Waals surface area contributed by atoms with Crippen LogP contribution in [-0.4, -0.2) is 23.0 Å². The van der Waals surface area contributed by atoms with Crippen LogP contribution < -0.4 is 9.96 Å². The number of imide groups is 1. The van der Waals surface area contributed by atoms with E-state index in [2.05, 4.69) is 0 Å². The van der Waals surface area contributed by atoms with E-state index in [-0.39, 0.29) is 11.7 Å². The highest BCUT2D eigenvalue weighted by Gasteiger charge is 2.60. The third kappa shape index (κ3) is 2.84. The van der Waals surface area contributed by atoms with Gasteiger partial charge in [0.2, 0.25) is 5.91 Å². The fourth-order valence-corrected chi connectivity index (χ4v) is 4.31. The number of phenols is 1. The maximum Gasteiger partial charge on any atom is 0.266 e. The van der Waals surface area contributed by atoms with Crippen molar-refractivity contribution in [3.63, 3.8) is 0 Å². The Morgan fingerprint density at radius 2 is 1.50 bits per heavy atom. The topological polar surface area (TPSA) is 70.1 Å². The molecule has 5 rings (SSSR count). The lowest BCUT2D eigenvalue weighted by atomic mass is 9.90. The first-order valence-electron chi connectivity index (χ1n) is 9.48. The number of hydroxylamine groups is 1. The molecule has 0 aromatic heterocycles. The van der Waals surface area contributed by atoms with Crippen LogP contribution in [0.5, 0.6) is 5.75 Å². The molecule has 2 aliphatic heterocycles. The van der Waals surface area contributed by atoms with Crippen molar-refractivity contribution in [2.24, 2.45) is 5.92 Å². The molecule has 0 aliphatic carbocycles. The van der Waals surface area contributed by atoms with Gasteiger partial charge in [-0.05, 0) is 42.0 Å². The number of aromatic hydroxyl groups is 1. The number of phenolic OH excluding ortho intramolecular Hbond substituents is 1. The van der Waals surface area contributed by atoms with Crippen molar-refractivity contribution in [3.8, 4) is 5.75 Å². The van der Waals surface area contributed by atoms with Crippen molar-refractivity contribution >= 4 is 34.8 Å². The molecular weight excluding hydrogens is 404 g/mol. The predicted molar refractivity (Wildman–Crippen MR) is 112 cm³/mol. The summed E-state index contributed by atoms with van der Waals surface area (Å²) in [6.07, 6.45) is -0.965. The Morgan fingerprint density at radius 3 is 2.20 bits per heavy atom. The second-order valence-corrected chi connectivity index (χ2v) is 7.62. The summed E-state index contributed by atoms with van der Waals surface area (Å²) in [5, 5.41) is 11.6. The Labute approximate surface area is 177 Å². The van der Waals surface area contributed by atoms with E-state index in [1.54, 1.807) is 53.6 Å². The van der Waals surface area contributed by atoms with Crippen LogP contribution in [0.25, 0.3) is 0 Å². The summed E-state index contributed by atoms with van der Waals surface area (Å²) in [6.45, 7) is 0. The van der Waals surface area contributed by atoms with Crippen LogP contribution in [-0.2, 0) is 14.4 Å². The second kappa shape index (κ2) is 7.16. The first-order valence-corrected chi connectivity index (χ1v) is 9.86. The van der Waals surface area contributed by atoms with Gasteiger partial charge in [0.15, 0.2) is 6.10 Å². The van der Waals surface area contributed by atoms with E-state index in [1.807, 2.05) is 30.3 Å². The van der Waals surface area contributed by atoms with Gasteiger partial charge in [-0.1, -0.05) is 54.1 Å². The molecule has 2 heterocycles. The summed E-state index contributed by atoms with van der Waals surface area (Å²) in [7, 11) is 0. The number of anilines is 2. The number of nitrogens with zero attached hydrogens (tertiary/aromatic N) is 2. The SMILES string of the molecule is O=C1[C@H]2[C@@H](c3ccc(O)cc3)N(c3ccccc3)O[C@H]2C(=O)N1c1ccccc1Cl. The standard InChI is InChI=1S/C23H17ClN2O4/c24-17-8-4-5-9-18(17)25-22(28)19-20(14-10-12-16(27)13-11-14)26(30-21(19)23(25)29)15-6-2-1-3-7-15/h1-13,19-21,27H/t19-,20+,21+/m0/s1. The summed E-state index contributed by atoms with van der Waals surface area (Å²) < 4.78 is 0. The van der Waals surface area contributed by atoms with Gasteiger partial charge in [-0.3, -0.25) is 14.4 Å². The van der Waals surface area contributed by atoms with E-state index >= 15 is 0 Å². The maximum atomic E-state index is 13.5. The van der Waals surface area contributed by atoms with Gasteiger partial charge in [0, 0.05) is 0 Å². The number of amides is 2.